The Morgan fingerprint density at radius 3 is 2.58 bits per heavy atom. The van der Waals surface area contributed by atoms with Gasteiger partial charge in [0.1, 0.15) is 12.4 Å². The lowest BCUT2D eigenvalue weighted by Crippen LogP contribution is -2.33. The number of carbonyl (C=O) groups is 1. The maximum Gasteiger partial charge on any atom is 0.251 e. The lowest BCUT2D eigenvalue weighted by molar-refractivity contribution is 0.0950. The van der Waals surface area contributed by atoms with Gasteiger partial charge in [-0.2, -0.15) is 0 Å². The topological polar surface area (TPSA) is 50.4 Å². The van der Waals surface area contributed by atoms with Gasteiger partial charge >= 0.3 is 0 Å². The van der Waals surface area contributed by atoms with Gasteiger partial charge in [0.2, 0.25) is 0 Å². The Morgan fingerprint density at radius 2 is 1.88 bits per heavy atom. The van der Waals surface area contributed by atoms with Gasteiger partial charge in [0.15, 0.2) is 0 Å². The third kappa shape index (κ3) is 6.36. The molecule has 1 aliphatic heterocycles. The zero-order valence-corrected chi connectivity index (χ0v) is 15.8. The van der Waals surface area contributed by atoms with Gasteiger partial charge in [-0.25, -0.2) is 0 Å². The smallest absolute Gasteiger partial charge is 0.251 e. The highest BCUT2D eigenvalue weighted by Gasteiger charge is 2.13. The molecule has 1 amide bonds. The van der Waals surface area contributed by atoms with Crippen LogP contribution in [0.1, 0.15) is 35.2 Å². The number of rotatable bonds is 7. The van der Waals surface area contributed by atoms with Gasteiger partial charge in [0.25, 0.3) is 5.91 Å². The summed E-state index contributed by atoms with van der Waals surface area (Å²) in [5.74, 6) is 1.53. The molecule has 0 aromatic heterocycles. The summed E-state index contributed by atoms with van der Waals surface area (Å²) in [7, 11) is 0. The van der Waals surface area contributed by atoms with Gasteiger partial charge in [-0.05, 0) is 68.1 Å². The second-order valence-electron chi connectivity index (χ2n) is 6.56. The van der Waals surface area contributed by atoms with E-state index < -0.39 is 0 Å². The molecule has 1 aliphatic rings. The molecule has 2 N–H and O–H groups in total. The molecule has 1 atom stereocenters. The Hall–Kier alpha value is -2.04. The van der Waals surface area contributed by atoms with Crippen molar-refractivity contribution in [1.29, 1.82) is 0 Å². The minimum absolute atomic E-state index is 0. The molecule has 5 heteroatoms. The van der Waals surface area contributed by atoms with Crippen LogP contribution in [-0.2, 0) is 6.61 Å². The van der Waals surface area contributed by atoms with E-state index in [1.807, 2.05) is 54.6 Å². The summed E-state index contributed by atoms with van der Waals surface area (Å²) in [6, 6.07) is 17.4. The monoisotopic (exact) mass is 374 g/mol. The zero-order valence-electron chi connectivity index (χ0n) is 14.9. The van der Waals surface area contributed by atoms with Crippen molar-refractivity contribution in [1.82, 2.24) is 10.6 Å². The Morgan fingerprint density at radius 1 is 1.12 bits per heavy atom. The first-order chi connectivity index (χ1) is 12.3. The van der Waals surface area contributed by atoms with E-state index in [1.165, 1.54) is 12.8 Å². The van der Waals surface area contributed by atoms with Crippen molar-refractivity contribution in [2.45, 2.75) is 25.9 Å². The van der Waals surface area contributed by atoms with E-state index in [0.29, 0.717) is 18.1 Å². The fraction of sp³-hybridized carbons (Fsp3) is 0.381. The third-order valence-electron chi connectivity index (χ3n) is 4.60. The van der Waals surface area contributed by atoms with Gasteiger partial charge in [-0.3, -0.25) is 4.79 Å². The van der Waals surface area contributed by atoms with Crippen molar-refractivity contribution < 1.29 is 9.53 Å². The summed E-state index contributed by atoms with van der Waals surface area (Å²) >= 11 is 0. The highest BCUT2D eigenvalue weighted by molar-refractivity contribution is 5.94. The minimum Gasteiger partial charge on any atom is -0.489 e. The van der Waals surface area contributed by atoms with Crippen LogP contribution in [0.4, 0.5) is 0 Å². The highest BCUT2D eigenvalue weighted by atomic mass is 35.5. The van der Waals surface area contributed by atoms with Crippen molar-refractivity contribution in [3.8, 4) is 5.75 Å². The van der Waals surface area contributed by atoms with Crippen LogP contribution in [0.5, 0.6) is 5.75 Å². The number of amides is 1. The maximum atomic E-state index is 12.2. The summed E-state index contributed by atoms with van der Waals surface area (Å²) in [6.07, 6.45) is 3.55. The molecule has 26 heavy (non-hydrogen) atoms. The lowest BCUT2D eigenvalue weighted by Gasteiger charge is -2.22. The van der Waals surface area contributed by atoms with E-state index in [1.54, 1.807) is 0 Å². The van der Waals surface area contributed by atoms with Crippen LogP contribution in [-0.4, -0.2) is 25.5 Å². The van der Waals surface area contributed by atoms with E-state index >= 15 is 0 Å². The Kier molecular flexibility index (Phi) is 8.45. The molecule has 0 saturated carbocycles. The van der Waals surface area contributed by atoms with Gasteiger partial charge < -0.3 is 15.4 Å². The van der Waals surface area contributed by atoms with Gasteiger partial charge in [0.05, 0.1) is 0 Å². The highest BCUT2D eigenvalue weighted by Crippen LogP contribution is 2.14. The molecular weight excluding hydrogens is 348 g/mol. The molecule has 0 aliphatic carbocycles. The molecule has 1 heterocycles. The van der Waals surface area contributed by atoms with Crippen molar-refractivity contribution >= 4 is 18.3 Å². The second-order valence-corrected chi connectivity index (χ2v) is 6.56. The van der Waals surface area contributed by atoms with Crippen molar-refractivity contribution in [2.24, 2.45) is 5.92 Å². The average molecular weight is 375 g/mol. The van der Waals surface area contributed by atoms with Crippen LogP contribution >= 0.6 is 12.4 Å². The van der Waals surface area contributed by atoms with E-state index in [9.17, 15) is 4.79 Å². The number of piperidine rings is 1. The summed E-state index contributed by atoms with van der Waals surface area (Å²) in [4.78, 5) is 12.2. The molecule has 1 fully saturated rings. The second kappa shape index (κ2) is 10.8. The molecule has 0 radical (unpaired) electrons. The standard InChI is InChI=1S/C21H26N2O2.ClH/c24-21(23-14-12-17-5-4-13-22-15-17)19-10-8-18(9-11-19)16-25-20-6-2-1-3-7-20;/h1-3,6-11,17,22H,4-5,12-16H2,(H,23,24);1H. The van der Waals surface area contributed by atoms with Crippen molar-refractivity contribution in [3.63, 3.8) is 0 Å². The first-order valence-corrected chi connectivity index (χ1v) is 9.07. The number of halogens is 1. The van der Waals surface area contributed by atoms with E-state index in [4.69, 9.17) is 4.74 Å². The van der Waals surface area contributed by atoms with Crippen LogP contribution in [0, 0.1) is 5.92 Å². The number of carbonyl (C=O) groups excluding carboxylic acids is 1. The largest absolute Gasteiger partial charge is 0.489 e. The van der Waals surface area contributed by atoms with E-state index in [2.05, 4.69) is 10.6 Å². The predicted octanol–water partition coefficient (Wildman–Crippen LogP) is 3.81. The summed E-state index contributed by atoms with van der Waals surface area (Å²) in [6.45, 7) is 3.44. The Labute approximate surface area is 161 Å². The molecule has 4 nitrogen and oxygen atoms in total. The zero-order chi connectivity index (χ0) is 17.3. The third-order valence-corrected chi connectivity index (χ3v) is 4.60. The number of ether oxygens (including phenoxy) is 1. The first-order valence-electron chi connectivity index (χ1n) is 9.07. The van der Waals surface area contributed by atoms with Crippen molar-refractivity contribution in [2.75, 3.05) is 19.6 Å². The molecule has 1 unspecified atom stereocenters. The number of nitrogens with one attached hydrogen (secondary N) is 2. The van der Waals surface area contributed by atoms with E-state index in [0.717, 1.165) is 37.4 Å². The number of hydrogen-bond donors (Lipinski definition) is 2. The van der Waals surface area contributed by atoms with Crippen LogP contribution in [0.2, 0.25) is 0 Å². The fourth-order valence-electron chi connectivity index (χ4n) is 3.10. The molecular formula is C21H27ClN2O2. The minimum atomic E-state index is -0.000652. The number of hydrogen-bond acceptors (Lipinski definition) is 3. The van der Waals surface area contributed by atoms with Gasteiger partial charge in [-0.1, -0.05) is 30.3 Å². The van der Waals surface area contributed by atoms with Crippen molar-refractivity contribution in [3.05, 3.63) is 65.7 Å². The predicted molar refractivity (Wildman–Crippen MR) is 107 cm³/mol. The quantitative estimate of drug-likeness (QED) is 0.774. The first kappa shape index (κ1) is 20.3. The Balaban J connectivity index is 0.00000243. The SMILES string of the molecule is Cl.O=C(NCCC1CCCNC1)c1ccc(COc2ccccc2)cc1. The molecule has 0 bridgehead atoms. The van der Waals surface area contributed by atoms with E-state index in [-0.39, 0.29) is 18.3 Å². The molecule has 3 rings (SSSR count). The maximum absolute atomic E-state index is 12.2. The summed E-state index contributed by atoms with van der Waals surface area (Å²) in [5.41, 5.74) is 1.75. The van der Waals surface area contributed by atoms with Crippen LogP contribution in [0.3, 0.4) is 0 Å². The normalized spacial score (nSPS) is 16.4. The Bertz CT molecular complexity index is 655. The molecule has 1 saturated heterocycles. The molecule has 0 spiro atoms. The van der Waals surface area contributed by atoms with Gasteiger partial charge in [-0.15, -0.1) is 12.4 Å². The summed E-state index contributed by atoms with van der Waals surface area (Å²) in [5, 5.41) is 6.44. The van der Waals surface area contributed by atoms with Crippen LogP contribution < -0.4 is 15.4 Å². The van der Waals surface area contributed by atoms with Crippen LogP contribution in [0.25, 0.3) is 0 Å². The molecule has 2 aromatic rings. The number of benzene rings is 2. The molecule has 140 valence electrons. The lowest BCUT2D eigenvalue weighted by atomic mass is 9.96. The average Bonchev–Trinajstić information content (AvgIpc) is 2.68. The van der Waals surface area contributed by atoms with Crippen LogP contribution in [0.15, 0.2) is 54.6 Å². The number of para-hydroxylation sites is 1. The fourth-order valence-corrected chi connectivity index (χ4v) is 3.10. The summed E-state index contributed by atoms with van der Waals surface area (Å²) < 4.78 is 5.72. The van der Waals surface area contributed by atoms with Gasteiger partial charge in [0, 0.05) is 12.1 Å². The molecule has 2 aromatic carbocycles.